The van der Waals surface area contributed by atoms with Crippen LogP contribution in [0.2, 0.25) is 0 Å². The van der Waals surface area contributed by atoms with Gasteiger partial charge in [-0.1, -0.05) is 0 Å². The van der Waals surface area contributed by atoms with E-state index >= 15 is 0 Å². The predicted octanol–water partition coefficient (Wildman–Crippen LogP) is 3.39. The lowest BCUT2D eigenvalue weighted by Gasteiger charge is -2.09. The number of fused-ring (bicyclic) bond motifs is 1. The Kier molecular flexibility index (Phi) is 5.34. The summed E-state index contributed by atoms with van der Waals surface area (Å²) in [6.45, 7) is 5.00. The number of carbonyl (C=O) groups excluding carboxylic acids is 2. The van der Waals surface area contributed by atoms with Gasteiger partial charge >= 0.3 is 5.97 Å². The molecular formula is C19H18F2N4O3. The first kappa shape index (κ1) is 19.4. The number of hydrogen-bond acceptors (Lipinski definition) is 5. The Morgan fingerprint density at radius 1 is 1.18 bits per heavy atom. The van der Waals surface area contributed by atoms with Gasteiger partial charge in [-0.15, -0.1) is 0 Å². The quantitative estimate of drug-likeness (QED) is 0.677. The van der Waals surface area contributed by atoms with Crippen LogP contribution >= 0.6 is 0 Å². The fourth-order valence-corrected chi connectivity index (χ4v) is 2.72. The van der Waals surface area contributed by atoms with Gasteiger partial charge in [0.15, 0.2) is 12.3 Å². The number of hydrogen-bond donors (Lipinski definition) is 1. The maximum Gasteiger partial charge on any atom is 0.339 e. The molecule has 3 aromatic rings. The van der Waals surface area contributed by atoms with E-state index in [9.17, 15) is 18.4 Å². The number of nitrogens with one attached hydrogen (secondary N) is 1. The molecule has 146 valence electrons. The lowest BCUT2D eigenvalue weighted by Crippen LogP contribution is -2.21. The lowest BCUT2D eigenvalue weighted by molar-refractivity contribution is -0.119. The Labute approximate surface area is 159 Å². The Hall–Kier alpha value is -3.36. The number of esters is 1. The maximum atomic E-state index is 13.2. The molecule has 0 saturated carbocycles. The third-order valence-electron chi connectivity index (χ3n) is 3.88. The van der Waals surface area contributed by atoms with Crippen LogP contribution in [0, 0.1) is 18.6 Å². The van der Waals surface area contributed by atoms with E-state index in [0.29, 0.717) is 22.8 Å². The van der Waals surface area contributed by atoms with E-state index in [1.807, 2.05) is 13.8 Å². The molecule has 7 nitrogen and oxygen atoms in total. The molecule has 0 fully saturated rings. The first-order valence-electron chi connectivity index (χ1n) is 8.52. The number of pyridine rings is 1. The van der Waals surface area contributed by atoms with E-state index in [4.69, 9.17) is 4.74 Å². The third kappa shape index (κ3) is 4.13. The van der Waals surface area contributed by atoms with Crippen LogP contribution < -0.4 is 5.32 Å². The number of rotatable bonds is 5. The molecule has 1 N–H and O–H groups in total. The molecule has 2 heterocycles. The van der Waals surface area contributed by atoms with Crippen molar-refractivity contribution in [3.8, 4) is 0 Å². The Balaban J connectivity index is 1.73. The molecule has 1 amide bonds. The molecule has 3 rings (SSSR count). The van der Waals surface area contributed by atoms with Gasteiger partial charge in [-0.2, -0.15) is 5.10 Å². The number of halogens is 2. The van der Waals surface area contributed by atoms with Gasteiger partial charge in [-0.25, -0.2) is 23.2 Å². The SMILES string of the molecule is Cc1cc(C(=O)OCC(=O)Nc2cc(F)cc(F)c2)c2cnn(C(C)C)c2n1. The summed E-state index contributed by atoms with van der Waals surface area (Å²) in [6.07, 6.45) is 1.52. The average Bonchev–Trinajstić information content (AvgIpc) is 3.01. The maximum absolute atomic E-state index is 13.2. The number of amides is 1. The van der Waals surface area contributed by atoms with Gasteiger partial charge in [-0.3, -0.25) is 4.79 Å². The van der Waals surface area contributed by atoms with E-state index < -0.39 is 30.1 Å². The molecule has 0 atom stereocenters. The number of nitrogens with zero attached hydrogens (tertiary/aromatic N) is 3. The number of aromatic nitrogens is 3. The lowest BCUT2D eigenvalue weighted by atomic mass is 10.1. The highest BCUT2D eigenvalue weighted by molar-refractivity contribution is 6.03. The van der Waals surface area contributed by atoms with Gasteiger partial charge in [0.25, 0.3) is 5.91 Å². The molecule has 0 radical (unpaired) electrons. The van der Waals surface area contributed by atoms with Crippen LogP contribution in [0.25, 0.3) is 11.0 Å². The first-order chi connectivity index (χ1) is 13.2. The van der Waals surface area contributed by atoms with Crippen molar-refractivity contribution in [3.05, 3.63) is 53.4 Å². The van der Waals surface area contributed by atoms with Gasteiger partial charge in [0.1, 0.15) is 11.6 Å². The summed E-state index contributed by atoms with van der Waals surface area (Å²) in [5.74, 6) is -3.11. The van der Waals surface area contributed by atoms with Gasteiger partial charge in [0.2, 0.25) is 0 Å². The van der Waals surface area contributed by atoms with Gasteiger partial charge in [-0.05, 0) is 39.0 Å². The van der Waals surface area contributed by atoms with Crippen molar-refractivity contribution < 1.29 is 23.1 Å². The fraction of sp³-hybridized carbons (Fsp3) is 0.263. The smallest absolute Gasteiger partial charge is 0.339 e. The van der Waals surface area contributed by atoms with E-state index in [0.717, 1.165) is 12.1 Å². The van der Waals surface area contributed by atoms with Crippen molar-refractivity contribution in [1.29, 1.82) is 0 Å². The molecule has 0 aliphatic heterocycles. The molecule has 1 aromatic carbocycles. The van der Waals surface area contributed by atoms with E-state index in [1.165, 1.54) is 6.20 Å². The van der Waals surface area contributed by atoms with E-state index in [2.05, 4.69) is 15.4 Å². The molecule has 0 spiro atoms. The van der Waals surface area contributed by atoms with Crippen molar-refractivity contribution in [1.82, 2.24) is 14.8 Å². The van der Waals surface area contributed by atoms with Gasteiger partial charge in [0.05, 0.1) is 17.1 Å². The number of carbonyl (C=O) groups is 2. The second kappa shape index (κ2) is 7.71. The molecule has 0 aliphatic rings. The fourth-order valence-electron chi connectivity index (χ4n) is 2.72. The summed E-state index contributed by atoms with van der Waals surface area (Å²) in [4.78, 5) is 28.8. The minimum absolute atomic E-state index is 0.0492. The topological polar surface area (TPSA) is 86.1 Å². The Morgan fingerprint density at radius 3 is 2.50 bits per heavy atom. The van der Waals surface area contributed by atoms with Crippen LogP contribution in [-0.2, 0) is 9.53 Å². The standard InChI is InChI=1S/C19H18F2N4O3/c1-10(2)25-18-16(8-22-25)15(4-11(3)23-18)19(27)28-9-17(26)24-14-6-12(20)5-13(21)7-14/h4-8,10H,9H2,1-3H3,(H,24,26). The summed E-state index contributed by atoms with van der Waals surface area (Å²) < 4.78 is 33.1. The second-order valence-corrected chi connectivity index (χ2v) is 6.51. The molecule has 0 saturated heterocycles. The zero-order chi connectivity index (χ0) is 20.4. The van der Waals surface area contributed by atoms with E-state index in [-0.39, 0.29) is 17.3 Å². The summed E-state index contributed by atoms with van der Waals surface area (Å²) in [5, 5.41) is 7.03. The number of benzene rings is 1. The van der Waals surface area contributed by atoms with Crippen LogP contribution in [0.5, 0.6) is 0 Å². The molecular weight excluding hydrogens is 370 g/mol. The molecule has 2 aromatic heterocycles. The molecule has 28 heavy (non-hydrogen) atoms. The van der Waals surface area contributed by atoms with Crippen LogP contribution in [-0.4, -0.2) is 33.2 Å². The van der Waals surface area contributed by atoms with Crippen molar-refractivity contribution in [2.75, 3.05) is 11.9 Å². The normalized spacial score (nSPS) is 11.1. The predicted molar refractivity (Wildman–Crippen MR) is 97.9 cm³/mol. The van der Waals surface area contributed by atoms with Gasteiger partial charge in [0, 0.05) is 23.5 Å². The highest BCUT2D eigenvalue weighted by Crippen LogP contribution is 2.21. The Morgan fingerprint density at radius 2 is 1.86 bits per heavy atom. The summed E-state index contributed by atoms with van der Waals surface area (Å²) in [6, 6.07) is 4.20. The van der Waals surface area contributed by atoms with Crippen LogP contribution in [0.4, 0.5) is 14.5 Å². The highest BCUT2D eigenvalue weighted by atomic mass is 19.1. The second-order valence-electron chi connectivity index (χ2n) is 6.51. The molecule has 9 heteroatoms. The third-order valence-corrected chi connectivity index (χ3v) is 3.88. The molecule has 0 bridgehead atoms. The van der Waals surface area contributed by atoms with Crippen LogP contribution in [0.1, 0.15) is 35.9 Å². The van der Waals surface area contributed by atoms with Crippen LogP contribution in [0.15, 0.2) is 30.5 Å². The summed E-state index contributed by atoms with van der Waals surface area (Å²) >= 11 is 0. The number of ether oxygens (including phenoxy) is 1. The monoisotopic (exact) mass is 388 g/mol. The minimum atomic E-state index is -0.830. The summed E-state index contributed by atoms with van der Waals surface area (Å²) in [7, 11) is 0. The Bertz CT molecular complexity index is 1040. The zero-order valence-electron chi connectivity index (χ0n) is 15.5. The van der Waals surface area contributed by atoms with Crippen LogP contribution in [0.3, 0.4) is 0 Å². The molecule has 0 aliphatic carbocycles. The number of aryl methyl sites for hydroxylation is 1. The van der Waals surface area contributed by atoms with Crippen molar-refractivity contribution in [2.24, 2.45) is 0 Å². The number of anilines is 1. The average molecular weight is 388 g/mol. The largest absolute Gasteiger partial charge is 0.452 e. The first-order valence-corrected chi connectivity index (χ1v) is 8.52. The summed E-state index contributed by atoms with van der Waals surface area (Å²) in [5.41, 5.74) is 1.31. The van der Waals surface area contributed by atoms with Crippen molar-refractivity contribution >= 4 is 28.6 Å². The highest BCUT2D eigenvalue weighted by Gasteiger charge is 2.19. The zero-order valence-corrected chi connectivity index (χ0v) is 15.5. The van der Waals surface area contributed by atoms with Gasteiger partial charge < -0.3 is 10.1 Å². The van der Waals surface area contributed by atoms with Crippen molar-refractivity contribution in [2.45, 2.75) is 26.8 Å². The van der Waals surface area contributed by atoms with E-state index in [1.54, 1.807) is 17.7 Å². The molecule has 0 unspecified atom stereocenters. The van der Waals surface area contributed by atoms with Crippen molar-refractivity contribution in [3.63, 3.8) is 0 Å². The minimum Gasteiger partial charge on any atom is -0.452 e.